The minimum atomic E-state index is 0. The maximum atomic E-state index is 3.80. The molecule has 32 valence electrons. The summed E-state index contributed by atoms with van der Waals surface area (Å²) in [7, 11) is 0. The van der Waals surface area contributed by atoms with Gasteiger partial charge in [0.05, 0.1) is 0 Å². The summed E-state index contributed by atoms with van der Waals surface area (Å²) in [4.78, 5) is 0. The van der Waals surface area contributed by atoms with Crippen molar-refractivity contribution in [2.45, 2.75) is 0 Å². The molecular formula is C3H7ClS. The molecule has 0 amide bonds. The predicted molar refractivity (Wildman–Crippen MR) is 31.3 cm³/mol. The molecule has 0 unspecified atom stereocenters. The molecule has 0 radical (unpaired) electrons. The Bertz CT molecular complexity index is 20.9. The first-order valence-electron chi connectivity index (χ1n) is 1.13. The zero-order chi connectivity index (χ0) is 3.41. The van der Waals surface area contributed by atoms with Crippen molar-refractivity contribution in [3.05, 3.63) is 12.7 Å². The summed E-state index contributed by atoms with van der Waals surface area (Å²) >= 11 is 3.80. The first kappa shape index (κ1) is 9.03. The van der Waals surface area contributed by atoms with Crippen LogP contribution in [0.1, 0.15) is 0 Å². The van der Waals surface area contributed by atoms with E-state index in [4.69, 9.17) is 0 Å². The average molecular weight is 111 g/mol. The summed E-state index contributed by atoms with van der Waals surface area (Å²) in [6.45, 7) is 3.40. The van der Waals surface area contributed by atoms with Crippen molar-refractivity contribution in [3.63, 3.8) is 0 Å². The van der Waals surface area contributed by atoms with Crippen molar-refractivity contribution in [2.24, 2.45) is 0 Å². The van der Waals surface area contributed by atoms with Crippen LogP contribution in [-0.4, -0.2) is 5.75 Å². The first-order chi connectivity index (χ1) is 1.91. The molecule has 0 aliphatic carbocycles. The molecule has 0 rings (SSSR count). The van der Waals surface area contributed by atoms with Crippen LogP contribution in [-0.2, 0) is 0 Å². The number of rotatable bonds is 1. The molecule has 0 aromatic rings. The van der Waals surface area contributed by atoms with Gasteiger partial charge in [-0.2, -0.15) is 12.6 Å². The monoisotopic (exact) mass is 110 g/mol. The third-order valence-corrected chi connectivity index (χ3v) is 0.387. The Kier molecular flexibility index (Phi) is 16.0. The van der Waals surface area contributed by atoms with Crippen molar-refractivity contribution in [2.75, 3.05) is 5.75 Å². The molecule has 0 saturated carbocycles. The zero-order valence-corrected chi connectivity index (χ0v) is 4.56. The summed E-state index contributed by atoms with van der Waals surface area (Å²) in [5.41, 5.74) is 0. The minimum absolute atomic E-state index is 0. The van der Waals surface area contributed by atoms with Gasteiger partial charge in [-0.3, -0.25) is 0 Å². The van der Waals surface area contributed by atoms with Crippen molar-refractivity contribution in [1.82, 2.24) is 0 Å². The van der Waals surface area contributed by atoms with Gasteiger partial charge in [0, 0.05) is 5.75 Å². The summed E-state index contributed by atoms with van der Waals surface area (Å²) in [6, 6.07) is 0. The SMILES string of the molecule is C=CCS.Cl. The van der Waals surface area contributed by atoms with Crippen LogP contribution in [0.4, 0.5) is 0 Å². The van der Waals surface area contributed by atoms with Gasteiger partial charge in [0.1, 0.15) is 0 Å². The predicted octanol–water partition coefficient (Wildman–Crippen LogP) is 1.52. The number of halogens is 1. The van der Waals surface area contributed by atoms with Crippen LogP contribution in [0.2, 0.25) is 0 Å². The third kappa shape index (κ3) is 13.0. The van der Waals surface area contributed by atoms with Gasteiger partial charge < -0.3 is 0 Å². The molecule has 0 aromatic carbocycles. The van der Waals surface area contributed by atoms with E-state index in [1.165, 1.54) is 0 Å². The van der Waals surface area contributed by atoms with Gasteiger partial charge in [-0.15, -0.1) is 19.0 Å². The second kappa shape index (κ2) is 8.83. The Hall–Kier alpha value is 0.380. The highest BCUT2D eigenvalue weighted by Crippen LogP contribution is 1.65. The number of hydrogen-bond donors (Lipinski definition) is 1. The summed E-state index contributed by atoms with van der Waals surface area (Å²) < 4.78 is 0. The van der Waals surface area contributed by atoms with Crippen molar-refractivity contribution >= 4 is 25.0 Å². The number of thiol groups is 1. The van der Waals surface area contributed by atoms with E-state index in [1.807, 2.05) is 0 Å². The molecule has 0 saturated heterocycles. The maximum absolute atomic E-state index is 3.80. The van der Waals surface area contributed by atoms with Crippen LogP contribution >= 0.6 is 25.0 Å². The van der Waals surface area contributed by atoms with Crippen molar-refractivity contribution in [3.8, 4) is 0 Å². The van der Waals surface area contributed by atoms with Crippen molar-refractivity contribution < 1.29 is 0 Å². The largest absolute Gasteiger partial charge is 0.175 e. The molecule has 0 fully saturated rings. The highest BCUT2D eigenvalue weighted by molar-refractivity contribution is 7.80. The van der Waals surface area contributed by atoms with Gasteiger partial charge in [-0.1, -0.05) is 6.08 Å². The van der Waals surface area contributed by atoms with Gasteiger partial charge in [-0.05, 0) is 0 Å². The van der Waals surface area contributed by atoms with E-state index in [-0.39, 0.29) is 12.4 Å². The summed E-state index contributed by atoms with van der Waals surface area (Å²) in [5.74, 6) is 0.778. The lowest BCUT2D eigenvalue weighted by Crippen LogP contribution is -1.45. The Balaban J connectivity index is 0. The van der Waals surface area contributed by atoms with Crippen LogP contribution < -0.4 is 0 Å². The highest BCUT2D eigenvalue weighted by atomic mass is 35.5. The van der Waals surface area contributed by atoms with Gasteiger partial charge in [0.25, 0.3) is 0 Å². The molecular weight excluding hydrogens is 104 g/mol. The Morgan fingerprint density at radius 2 is 2.00 bits per heavy atom. The van der Waals surface area contributed by atoms with Crippen LogP contribution in [0, 0.1) is 0 Å². The molecule has 2 heteroatoms. The zero-order valence-electron chi connectivity index (χ0n) is 2.85. The smallest absolute Gasteiger partial charge is 0.00799 e. The maximum Gasteiger partial charge on any atom is 0.00799 e. The van der Waals surface area contributed by atoms with E-state index in [1.54, 1.807) is 6.08 Å². The molecule has 0 atom stereocenters. The molecule has 0 aromatic heterocycles. The van der Waals surface area contributed by atoms with Crippen molar-refractivity contribution in [1.29, 1.82) is 0 Å². The van der Waals surface area contributed by atoms with Crippen LogP contribution in [0.5, 0.6) is 0 Å². The average Bonchev–Trinajstić information content (AvgIpc) is 1.37. The van der Waals surface area contributed by atoms with Gasteiger partial charge in [0.15, 0.2) is 0 Å². The normalized spacial score (nSPS) is 5.00. The molecule has 5 heavy (non-hydrogen) atoms. The van der Waals surface area contributed by atoms with Gasteiger partial charge >= 0.3 is 0 Å². The standard InChI is InChI=1S/C3H6S.ClH/c1-2-3-4;/h2,4H,1,3H2;1H. The third-order valence-electron chi connectivity index (χ3n) is 0.129. The van der Waals surface area contributed by atoms with E-state index < -0.39 is 0 Å². The van der Waals surface area contributed by atoms with Crippen LogP contribution in [0.25, 0.3) is 0 Å². The lowest BCUT2D eigenvalue weighted by Gasteiger charge is -1.57. The fourth-order valence-corrected chi connectivity index (χ4v) is 0. The quantitative estimate of drug-likeness (QED) is 0.384. The second-order valence-electron chi connectivity index (χ2n) is 0.471. The minimum Gasteiger partial charge on any atom is -0.175 e. The first-order valence-corrected chi connectivity index (χ1v) is 1.77. The molecule has 0 aliphatic heterocycles. The molecule has 0 bridgehead atoms. The molecule has 0 heterocycles. The number of hydrogen-bond acceptors (Lipinski definition) is 1. The Morgan fingerprint density at radius 3 is 2.00 bits per heavy atom. The van der Waals surface area contributed by atoms with E-state index >= 15 is 0 Å². The topological polar surface area (TPSA) is 0 Å². The highest BCUT2D eigenvalue weighted by Gasteiger charge is 1.45. The molecule has 0 N–H and O–H groups in total. The molecule has 0 spiro atoms. The van der Waals surface area contributed by atoms with Gasteiger partial charge in [-0.25, -0.2) is 0 Å². The fourth-order valence-electron chi connectivity index (χ4n) is 0. The summed E-state index contributed by atoms with van der Waals surface area (Å²) in [5, 5.41) is 0. The Labute approximate surface area is 44.1 Å². The molecule has 0 aliphatic rings. The summed E-state index contributed by atoms with van der Waals surface area (Å²) in [6.07, 6.45) is 1.74. The fraction of sp³-hybridized carbons (Fsp3) is 0.333. The van der Waals surface area contributed by atoms with Crippen LogP contribution in [0.3, 0.4) is 0 Å². The van der Waals surface area contributed by atoms with E-state index in [0.29, 0.717) is 0 Å². The lowest BCUT2D eigenvalue weighted by molar-refractivity contribution is 1.85. The van der Waals surface area contributed by atoms with Gasteiger partial charge in [0.2, 0.25) is 0 Å². The van der Waals surface area contributed by atoms with E-state index in [2.05, 4.69) is 19.2 Å². The Morgan fingerprint density at radius 1 is 1.80 bits per heavy atom. The lowest BCUT2D eigenvalue weighted by atomic mass is 10.8. The van der Waals surface area contributed by atoms with E-state index in [0.717, 1.165) is 5.75 Å². The van der Waals surface area contributed by atoms with Crippen LogP contribution in [0.15, 0.2) is 12.7 Å². The molecule has 0 nitrogen and oxygen atoms in total. The van der Waals surface area contributed by atoms with E-state index in [9.17, 15) is 0 Å². The second-order valence-corrected chi connectivity index (χ2v) is 0.836.